The van der Waals surface area contributed by atoms with Crippen molar-refractivity contribution >= 4 is 17.5 Å². The summed E-state index contributed by atoms with van der Waals surface area (Å²) in [7, 11) is 0. The number of anilines is 1. The smallest absolute Gasteiger partial charge is 0.240 e. The summed E-state index contributed by atoms with van der Waals surface area (Å²) in [4.78, 5) is 26.1. The highest BCUT2D eigenvalue weighted by Crippen LogP contribution is 2.46. The highest BCUT2D eigenvalue weighted by atomic mass is 16.5. The Balaban J connectivity index is 1.77. The molecule has 4 nitrogen and oxygen atoms in total. The standard InChI is InChI=1S/C14H11NO3/c16-13-11-9-6-7-10(18-9)12(11)14(17)15(13)8-4-2-1-3-5-8/h1-7,9-12H/t9-,10-,11+,12+/m1/s1. The third-order valence-electron chi connectivity index (χ3n) is 3.92. The molecule has 3 aliphatic heterocycles. The maximum absolute atomic E-state index is 12.4. The lowest BCUT2D eigenvalue weighted by molar-refractivity contribution is -0.124. The third-order valence-corrected chi connectivity index (χ3v) is 3.92. The molecule has 0 N–H and O–H groups in total. The Bertz CT molecular complexity index is 536. The van der Waals surface area contributed by atoms with Crippen LogP contribution >= 0.6 is 0 Å². The molecule has 4 heteroatoms. The number of hydrogen-bond acceptors (Lipinski definition) is 3. The van der Waals surface area contributed by atoms with Crippen molar-refractivity contribution in [1.29, 1.82) is 0 Å². The van der Waals surface area contributed by atoms with Crippen LogP contribution in [0.3, 0.4) is 0 Å². The molecule has 0 aliphatic carbocycles. The van der Waals surface area contributed by atoms with Crippen molar-refractivity contribution < 1.29 is 14.3 Å². The van der Waals surface area contributed by atoms with Crippen molar-refractivity contribution in [2.75, 3.05) is 4.90 Å². The third kappa shape index (κ3) is 1.08. The Morgan fingerprint density at radius 3 is 2.00 bits per heavy atom. The number of amides is 2. The lowest BCUT2D eigenvalue weighted by Crippen LogP contribution is -2.34. The molecule has 2 saturated heterocycles. The van der Waals surface area contributed by atoms with E-state index < -0.39 is 0 Å². The molecule has 0 aromatic heterocycles. The first-order chi connectivity index (χ1) is 8.77. The Morgan fingerprint density at radius 2 is 1.44 bits per heavy atom. The van der Waals surface area contributed by atoms with Crippen molar-refractivity contribution in [3.05, 3.63) is 42.5 Å². The molecule has 0 spiro atoms. The van der Waals surface area contributed by atoms with E-state index in [1.165, 1.54) is 4.90 Å². The summed E-state index contributed by atoms with van der Waals surface area (Å²) in [6.07, 6.45) is 3.35. The zero-order valence-electron chi connectivity index (χ0n) is 9.52. The lowest BCUT2D eigenvalue weighted by atomic mass is 9.85. The SMILES string of the molecule is O=C1[C@@H]2[C@@H](C(=O)N1c1ccccc1)[C@H]1C=C[C@H]2O1. The fraction of sp³-hybridized carbons (Fsp3) is 0.286. The van der Waals surface area contributed by atoms with Crippen LogP contribution < -0.4 is 4.90 Å². The second-order valence-corrected chi connectivity index (χ2v) is 4.85. The van der Waals surface area contributed by atoms with Crippen LogP contribution in [0.4, 0.5) is 5.69 Å². The highest BCUT2D eigenvalue weighted by Gasteiger charge is 2.60. The van der Waals surface area contributed by atoms with Gasteiger partial charge < -0.3 is 4.74 Å². The molecule has 3 aliphatic rings. The van der Waals surface area contributed by atoms with E-state index in [1.54, 1.807) is 12.1 Å². The quantitative estimate of drug-likeness (QED) is 0.547. The van der Waals surface area contributed by atoms with Crippen LogP contribution in [0.15, 0.2) is 42.5 Å². The van der Waals surface area contributed by atoms with Gasteiger partial charge in [0.2, 0.25) is 11.8 Å². The molecule has 3 heterocycles. The van der Waals surface area contributed by atoms with Gasteiger partial charge in [-0.15, -0.1) is 0 Å². The monoisotopic (exact) mass is 241 g/mol. The second kappa shape index (κ2) is 3.29. The van der Waals surface area contributed by atoms with E-state index in [4.69, 9.17) is 4.74 Å². The fourth-order valence-electron chi connectivity index (χ4n) is 3.14. The Kier molecular flexibility index (Phi) is 1.84. The summed E-state index contributed by atoms with van der Waals surface area (Å²) in [5.74, 6) is -0.915. The van der Waals surface area contributed by atoms with Crippen molar-refractivity contribution in [3.63, 3.8) is 0 Å². The van der Waals surface area contributed by atoms with Crippen LogP contribution in [-0.4, -0.2) is 24.0 Å². The van der Waals surface area contributed by atoms with Crippen LogP contribution in [-0.2, 0) is 14.3 Å². The molecular weight excluding hydrogens is 230 g/mol. The normalized spacial score (nSPS) is 36.6. The zero-order valence-corrected chi connectivity index (χ0v) is 9.52. The molecule has 2 fully saturated rings. The zero-order chi connectivity index (χ0) is 12.3. The molecule has 0 unspecified atom stereocenters. The first kappa shape index (κ1) is 10.0. The number of hydrogen-bond donors (Lipinski definition) is 0. The highest BCUT2D eigenvalue weighted by molar-refractivity contribution is 6.23. The van der Waals surface area contributed by atoms with Gasteiger partial charge in [-0.2, -0.15) is 0 Å². The second-order valence-electron chi connectivity index (χ2n) is 4.85. The van der Waals surface area contributed by atoms with Gasteiger partial charge in [-0.1, -0.05) is 30.4 Å². The van der Waals surface area contributed by atoms with E-state index in [9.17, 15) is 9.59 Å². The number of carbonyl (C=O) groups excluding carboxylic acids is 2. The predicted molar refractivity (Wildman–Crippen MR) is 63.7 cm³/mol. The minimum atomic E-state index is -0.326. The largest absolute Gasteiger partial charge is 0.365 e. The molecule has 4 atom stereocenters. The number of nitrogens with zero attached hydrogens (tertiary/aromatic N) is 1. The van der Waals surface area contributed by atoms with Crippen molar-refractivity contribution in [2.24, 2.45) is 11.8 Å². The Hall–Kier alpha value is -1.94. The predicted octanol–water partition coefficient (Wildman–Crippen LogP) is 1.13. The van der Waals surface area contributed by atoms with Gasteiger partial charge in [0.25, 0.3) is 0 Å². The van der Waals surface area contributed by atoms with E-state index in [1.807, 2.05) is 30.4 Å². The number of fused-ring (bicyclic) bond motifs is 5. The number of para-hydroxylation sites is 1. The summed E-state index contributed by atoms with van der Waals surface area (Å²) in [5.41, 5.74) is 0.654. The molecular formula is C14H11NO3. The van der Waals surface area contributed by atoms with Gasteiger partial charge in [-0.3, -0.25) is 9.59 Å². The number of ether oxygens (including phenoxy) is 1. The summed E-state index contributed by atoms with van der Waals surface area (Å²) >= 11 is 0. The summed E-state index contributed by atoms with van der Waals surface area (Å²) < 4.78 is 5.58. The van der Waals surface area contributed by atoms with E-state index >= 15 is 0 Å². The average molecular weight is 241 g/mol. The Morgan fingerprint density at radius 1 is 0.889 bits per heavy atom. The first-order valence-corrected chi connectivity index (χ1v) is 6.04. The lowest BCUT2D eigenvalue weighted by Gasteiger charge is -2.17. The van der Waals surface area contributed by atoms with E-state index in [0.29, 0.717) is 5.69 Å². The van der Waals surface area contributed by atoms with E-state index in [-0.39, 0.29) is 35.9 Å². The van der Waals surface area contributed by atoms with Crippen molar-refractivity contribution in [1.82, 2.24) is 0 Å². The van der Waals surface area contributed by atoms with Gasteiger partial charge in [0.05, 0.1) is 29.7 Å². The number of imide groups is 1. The molecule has 0 radical (unpaired) electrons. The number of benzene rings is 1. The summed E-state index contributed by atoms with van der Waals surface area (Å²) in [6.45, 7) is 0. The molecule has 4 rings (SSSR count). The van der Waals surface area contributed by atoms with Crippen molar-refractivity contribution in [2.45, 2.75) is 12.2 Å². The molecule has 1 aromatic carbocycles. The molecule has 90 valence electrons. The molecule has 2 amide bonds. The fourth-order valence-corrected chi connectivity index (χ4v) is 3.14. The van der Waals surface area contributed by atoms with Crippen LogP contribution in [0.1, 0.15) is 0 Å². The number of carbonyl (C=O) groups is 2. The van der Waals surface area contributed by atoms with E-state index in [0.717, 1.165) is 0 Å². The Labute approximate surface area is 104 Å². The van der Waals surface area contributed by atoms with Gasteiger partial charge in [-0.05, 0) is 12.1 Å². The van der Waals surface area contributed by atoms with E-state index in [2.05, 4.69) is 0 Å². The average Bonchev–Trinajstić information content (AvgIpc) is 3.05. The van der Waals surface area contributed by atoms with Gasteiger partial charge in [0, 0.05) is 0 Å². The van der Waals surface area contributed by atoms with Gasteiger partial charge >= 0.3 is 0 Å². The molecule has 0 saturated carbocycles. The summed E-state index contributed by atoms with van der Waals surface area (Å²) in [5, 5.41) is 0. The van der Waals surface area contributed by atoms with Gasteiger partial charge in [-0.25, -0.2) is 4.90 Å². The van der Waals surface area contributed by atoms with Crippen molar-refractivity contribution in [3.8, 4) is 0 Å². The topological polar surface area (TPSA) is 46.6 Å². The van der Waals surface area contributed by atoms with Crippen LogP contribution in [0.5, 0.6) is 0 Å². The van der Waals surface area contributed by atoms with Crippen LogP contribution in [0.2, 0.25) is 0 Å². The van der Waals surface area contributed by atoms with Gasteiger partial charge in [0.1, 0.15) is 0 Å². The maximum atomic E-state index is 12.4. The maximum Gasteiger partial charge on any atom is 0.240 e. The molecule has 2 bridgehead atoms. The van der Waals surface area contributed by atoms with Crippen LogP contribution in [0, 0.1) is 11.8 Å². The minimum Gasteiger partial charge on any atom is -0.365 e. The van der Waals surface area contributed by atoms with Crippen LogP contribution in [0.25, 0.3) is 0 Å². The minimum absolute atomic E-state index is 0.131. The number of rotatable bonds is 1. The molecule has 18 heavy (non-hydrogen) atoms. The summed E-state index contributed by atoms with van der Waals surface area (Å²) in [6, 6.07) is 9.09. The molecule has 1 aromatic rings. The first-order valence-electron chi connectivity index (χ1n) is 6.04. The van der Waals surface area contributed by atoms with Gasteiger partial charge in [0.15, 0.2) is 0 Å².